The van der Waals surface area contributed by atoms with Crippen LogP contribution >= 0.6 is 12.4 Å². The first-order valence-corrected chi connectivity index (χ1v) is 5.79. The lowest BCUT2D eigenvalue weighted by Gasteiger charge is -2.11. The van der Waals surface area contributed by atoms with Crippen molar-refractivity contribution >= 4 is 24.0 Å². The minimum absolute atomic E-state index is 0. The van der Waals surface area contributed by atoms with E-state index >= 15 is 0 Å². The molecule has 0 aromatic heterocycles. The van der Waals surface area contributed by atoms with Gasteiger partial charge >= 0.3 is 0 Å². The molecule has 1 rings (SSSR count). The van der Waals surface area contributed by atoms with E-state index in [9.17, 15) is 19.3 Å². The second-order valence-electron chi connectivity index (χ2n) is 4.43. The number of nitrogens with one attached hydrogen (secondary N) is 1. The second-order valence-corrected chi connectivity index (χ2v) is 4.43. The summed E-state index contributed by atoms with van der Waals surface area (Å²) in [5.41, 5.74) is 4.87. The Morgan fingerprint density at radius 1 is 1.55 bits per heavy atom. The Balaban J connectivity index is 0.00000361. The van der Waals surface area contributed by atoms with Gasteiger partial charge in [-0.1, -0.05) is 6.92 Å². The van der Waals surface area contributed by atoms with Gasteiger partial charge in [0.15, 0.2) is 0 Å². The van der Waals surface area contributed by atoms with Crippen molar-refractivity contribution < 1.29 is 14.1 Å². The van der Waals surface area contributed by atoms with Crippen molar-refractivity contribution in [3.8, 4) is 0 Å². The molecular formula is C12H17ClFN3O3. The van der Waals surface area contributed by atoms with E-state index in [2.05, 4.69) is 5.32 Å². The Hall–Kier alpha value is -1.73. The molecule has 1 amide bonds. The number of hydrogen-bond donors (Lipinski definition) is 2. The van der Waals surface area contributed by atoms with Gasteiger partial charge in [-0.3, -0.25) is 14.9 Å². The van der Waals surface area contributed by atoms with Crippen molar-refractivity contribution in [2.75, 3.05) is 13.1 Å². The average molecular weight is 306 g/mol. The Bertz CT molecular complexity index is 511. The summed E-state index contributed by atoms with van der Waals surface area (Å²) in [4.78, 5) is 22.1. The first-order chi connectivity index (χ1) is 8.86. The van der Waals surface area contributed by atoms with Gasteiger partial charge in [0, 0.05) is 12.1 Å². The van der Waals surface area contributed by atoms with Crippen molar-refractivity contribution in [3.05, 3.63) is 39.2 Å². The van der Waals surface area contributed by atoms with Crippen LogP contribution in [-0.2, 0) is 0 Å². The van der Waals surface area contributed by atoms with Gasteiger partial charge in [0.1, 0.15) is 11.4 Å². The van der Waals surface area contributed by atoms with Crippen LogP contribution in [0, 0.1) is 28.8 Å². The van der Waals surface area contributed by atoms with E-state index in [1.165, 1.54) is 6.92 Å². The van der Waals surface area contributed by atoms with Gasteiger partial charge in [-0.05, 0) is 31.5 Å². The molecule has 0 bridgehead atoms. The summed E-state index contributed by atoms with van der Waals surface area (Å²) in [6.45, 7) is 3.87. The number of carbonyl (C=O) groups is 1. The normalized spacial score (nSPS) is 11.4. The number of amides is 1. The third kappa shape index (κ3) is 4.43. The maximum Gasteiger partial charge on any atom is 0.285 e. The van der Waals surface area contributed by atoms with E-state index < -0.39 is 16.6 Å². The Morgan fingerprint density at radius 2 is 2.15 bits per heavy atom. The summed E-state index contributed by atoms with van der Waals surface area (Å²) in [5, 5.41) is 13.4. The van der Waals surface area contributed by atoms with E-state index in [0.717, 1.165) is 12.1 Å². The predicted octanol–water partition coefficient (Wildman–Crippen LogP) is 1.79. The highest BCUT2D eigenvalue weighted by molar-refractivity contribution is 5.98. The van der Waals surface area contributed by atoms with Gasteiger partial charge in [0.05, 0.1) is 4.92 Å². The lowest BCUT2D eigenvalue weighted by molar-refractivity contribution is -0.385. The van der Waals surface area contributed by atoms with Gasteiger partial charge in [0.2, 0.25) is 0 Å². The summed E-state index contributed by atoms with van der Waals surface area (Å²) in [6, 6.07) is 1.89. The van der Waals surface area contributed by atoms with Gasteiger partial charge < -0.3 is 11.1 Å². The van der Waals surface area contributed by atoms with Gasteiger partial charge in [-0.15, -0.1) is 12.4 Å². The third-order valence-corrected chi connectivity index (χ3v) is 2.71. The molecular weight excluding hydrogens is 289 g/mol. The van der Waals surface area contributed by atoms with E-state index in [4.69, 9.17) is 5.73 Å². The second kappa shape index (κ2) is 7.76. The zero-order chi connectivity index (χ0) is 14.6. The fourth-order valence-corrected chi connectivity index (χ4v) is 1.60. The van der Waals surface area contributed by atoms with Crippen LogP contribution in [0.5, 0.6) is 0 Å². The Labute approximate surface area is 122 Å². The monoisotopic (exact) mass is 305 g/mol. The number of benzene rings is 1. The van der Waals surface area contributed by atoms with Crippen LogP contribution in [0.1, 0.15) is 22.8 Å². The topological polar surface area (TPSA) is 98.3 Å². The summed E-state index contributed by atoms with van der Waals surface area (Å²) in [5.74, 6) is -1.31. The Kier molecular flexibility index (Phi) is 7.09. The third-order valence-electron chi connectivity index (χ3n) is 2.71. The first kappa shape index (κ1) is 18.3. The van der Waals surface area contributed by atoms with Crippen LogP contribution in [0.3, 0.4) is 0 Å². The summed E-state index contributed by atoms with van der Waals surface area (Å²) < 4.78 is 13.3. The number of nitro groups is 1. The molecule has 1 atom stereocenters. The highest BCUT2D eigenvalue weighted by atomic mass is 35.5. The van der Waals surface area contributed by atoms with E-state index in [0.29, 0.717) is 6.54 Å². The molecule has 0 heterocycles. The van der Waals surface area contributed by atoms with Crippen molar-refractivity contribution in [1.29, 1.82) is 0 Å². The van der Waals surface area contributed by atoms with Crippen LogP contribution in [0.2, 0.25) is 0 Å². The quantitative estimate of drug-likeness (QED) is 0.640. The van der Waals surface area contributed by atoms with E-state index in [1.54, 1.807) is 0 Å². The number of carbonyl (C=O) groups excluding carboxylic acids is 1. The minimum atomic E-state index is -0.684. The first-order valence-electron chi connectivity index (χ1n) is 5.79. The van der Waals surface area contributed by atoms with Crippen LogP contribution in [-0.4, -0.2) is 23.9 Å². The fourth-order valence-electron chi connectivity index (χ4n) is 1.60. The molecule has 0 fully saturated rings. The molecule has 0 aliphatic heterocycles. The van der Waals surface area contributed by atoms with Gasteiger partial charge in [-0.25, -0.2) is 4.39 Å². The molecule has 8 heteroatoms. The number of halogens is 2. The molecule has 0 saturated heterocycles. The van der Waals surface area contributed by atoms with Gasteiger partial charge in [-0.2, -0.15) is 0 Å². The predicted molar refractivity (Wildman–Crippen MR) is 75.6 cm³/mol. The molecule has 0 radical (unpaired) electrons. The largest absolute Gasteiger partial charge is 0.351 e. The number of nitro benzene ring substituents is 1. The van der Waals surface area contributed by atoms with Crippen LogP contribution in [0.4, 0.5) is 10.1 Å². The lowest BCUT2D eigenvalue weighted by atomic mass is 10.1. The minimum Gasteiger partial charge on any atom is -0.351 e. The van der Waals surface area contributed by atoms with E-state index in [1.807, 2.05) is 6.92 Å². The van der Waals surface area contributed by atoms with Crippen LogP contribution in [0.25, 0.3) is 0 Å². The Morgan fingerprint density at radius 3 is 2.65 bits per heavy atom. The lowest BCUT2D eigenvalue weighted by Crippen LogP contribution is -2.31. The number of hydrogen-bond acceptors (Lipinski definition) is 4. The van der Waals surface area contributed by atoms with Crippen molar-refractivity contribution in [1.82, 2.24) is 5.32 Å². The van der Waals surface area contributed by atoms with Crippen molar-refractivity contribution in [2.45, 2.75) is 13.8 Å². The molecule has 0 aliphatic rings. The number of rotatable bonds is 5. The maximum atomic E-state index is 13.3. The summed E-state index contributed by atoms with van der Waals surface area (Å²) in [7, 11) is 0. The number of aryl methyl sites for hydroxylation is 1. The number of nitrogens with zero attached hydrogens (tertiary/aromatic N) is 1. The maximum absolute atomic E-state index is 13.3. The van der Waals surface area contributed by atoms with Crippen LogP contribution in [0.15, 0.2) is 12.1 Å². The molecule has 1 aromatic rings. The van der Waals surface area contributed by atoms with Crippen molar-refractivity contribution in [3.63, 3.8) is 0 Å². The standard InChI is InChI=1S/C12H16FN3O3.ClH/c1-7(5-14)6-15-12(17)10-4-9(13)3-8(2)11(10)16(18)19;/h3-4,7H,5-6,14H2,1-2H3,(H,15,17);1H. The summed E-state index contributed by atoms with van der Waals surface area (Å²) >= 11 is 0. The molecule has 6 nitrogen and oxygen atoms in total. The molecule has 20 heavy (non-hydrogen) atoms. The molecule has 1 aromatic carbocycles. The summed E-state index contributed by atoms with van der Waals surface area (Å²) in [6.07, 6.45) is 0. The smallest absolute Gasteiger partial charge is 0.285 e. The van der Waals surface area contributed by atoms with Crippen LogP contribution < -0.4 is 11.1 Å². The highest BCUT2D eigenvalue weighted by Gasteiger charge is 2.24. The zero-order valence-corrected chi connectivity index (χ0v) is 12.0. The molecule has 0 spiro atoms. The van der Waals surface area contributed by atoms with Gasteiger partial charge in [0.25, 0.3) is 11.6 Å². The number of nitrogens with two attached hydrogens (primary N) is 1. The average Bonchev–Trinajstić information content (AvgIpc) is 2.33. The SMILES string of the molecule is Cc1cc(F)cc(C(=O)NCC(C)CN)c1[N+](=O)[O-].Cl. The van der Waals surface area contributed by atoms with E-state index in [-0.39, 0.29) is 41.7 Å². The highest BCUT2D eigenvalue weighted by Crippen LogP contribution is 2.24. The molecule has 0 aliphatic carbocycles. The zero-order valence-electron chi connectivity index (χ0n) is 11.2. The molecule has 112 valence electrons. The molecule has 3 N–H and O–H groups in total. The molecule has 0 saturated carbocycles. The van der Waals surface area contributed by atoms with Crippen molar-refractivity contribution in [2.24, 2.45) is 11.7 Å². The molecule has 1 unspecified atom stereocenters. The fraction of sp³-hybridized carbons (Fsp3) is 0.417.